The summed E-state index contributed by atoms with van der Waals surface area (Å²) in [6.45, 7) is 5.96. The average Bonchev–Trinajstić information content (AvgIpc) is 3.06. The van der Waals surface area contributed by atoms with E-state index in [9.17, 15) is 13.2 Å². The number of amides is 1. The monoisotopic (exact) mass is 602 g/mol. The Labute approximate surface area is 215 Å². The summed E-state index contributed by atoms with van der Waals surface area (Å²) in [4.78, 5) is 13.0. The summed E-state index contributed by atoms with van der Waals surface area (Å²) < 4.78 is 36.9. The molecule has 2 aromatic carbocycles. The van der Waals surface area contributed by atoms with E-state index < -0.39 is 37.1 Å². The zero-order valence-electron chi connectivity index (χ0n) is 19.7. The second kappa shape index (κ2) is 9.90. The van der Waals surface area contributed by atoms with Crippen LogP contribution < -0.4 is 30.7 Å². The van der Waals surface area contributed by atoms with Gasteiger partial charge in [0.2, 0.25) is 0 Å². The number of fused-ring (bicyclic) bond motifs is 1. The van der Waals surface area contributed by atoms with E-state index in [-0.39, 0.29) is 16.1 Å². The molecule has 4 rings (SSSR count). The number of carbonyl (C=O) groups is 1. The average molecular weight is 602 g/mol. The van der Waals surface area contributed by atoms with E-state index in [4.69, 9.17) is 4.74 Å². The number of aromatic nitrogens is 2. The Bertz CT molecular complexity index is 1440. The third-order valence-electron chi connectivity index (χ3n) is 5.43. The summed E-state index contributed by atoms with van der Waals surface area (Å²) in [6, 6.07) is 14.6. The third kappa shape index (κ3) is 5.46. The van der Waals surface area contributed by atoms with Crippen molar-refractivity contribution in [2.24, 2.45) is 0 Å². The van der Waals surface area contributed by atoms with E-state index in [0.29, 0.717) is 5.57 Å². The fraction of sp³-hybridized carbons (Fsp3) is 0.192. The maximum atomic E-state index is 13.2. The van der Waals surface area contributed by atoms with Gasteiger partial charge >= 0.3 is 216 Å². The van der Waals surface area contributed by atoms with E-state index in [1.165, 1.54) is 7.11 Å². The summed E-state index contributed by atoms with van der Waals surface area (Å²) >= 11 is -0.697. The number of nitrogens with zero attached hydrogens (tertiary/aromatic N) is 2. The van der Waals surface area contributed by atoms with Gasteiger partial charge in [-0.1, -0.05) is 0 Å². The summed E-state index contributed by atoms with van der Waals surface area (Å²) in [5.74, 6) is -0.504. The van der Waals surface area contributed by atoms with Gasteiger partial charge in [-0.3, -0.25) is 0 Å². The molecule has 7 nitrogen and oxygen atoms in total. The molecule has 9 heteroatoms. The second-order valence-corrected chi connectivity index (χ2v) is 12.9. The quantitative estimate of drug-likeness (QED) is 0.440. The van der Waals surface area contributed by atoms with Crippen molar-refractivity contribution in [3.63, 3.8) is 0 Å². The Balaban J connectivity index is 1.63. The molecule has 0 saturated heterocycles. The molecule has 35 heavy (non-hydrogen) atoms. The van der Waals surface area contributed by atoms with Gasteiger partial charge in [-0.25, -0.2) is 0 Å². The molecule has 0 bridgehead atoms. The van der Waals surface area contributed by atoms with Gasteiger partial charge in [-0.2, -0.15) is 0 Å². The van der Waals surface area contributed by atoms with Crippen molar-refractivity contribution in [3.8, 4) is 17.0 Å². The number of nitrogens with one attached hydrogen (secondary N) is 1. The molecule has 0 atom stereocenters. The van der Waals surface area contributed by atoms with Gasteiger partial charge in [-0.15, -0.1) is 0 Å². The molecule has 1 aliphatic heterocycles. The Morgan fingerprint density at radius 3 is 2.54 bits per heavy atom. The second-order valence-electron chi connectivity index (χ2n) is 8.87. The van der Waals surface area contributed by atoms with Crippen molar-refractivity contribution in [1.29, 1.82) is 0 Å². The Kier molecular flexibility index (Phi) is 7.09. The normalized spacial score (nSPS) is 13.7. The van der Waals surface area contributed by atoms with E-state index in [0.717, 1.165) is 26.0 Å². The number of ether oxygens (including phenoxy) is 1. The molecule has 1 aliphatic rings. The first-order valence-corrected chi connectivity index (χ1v) is 14.6. The maximum absolute atomic E-state index is 13.2. The standard InChI is InChI=1S/C26H25IN3O4S/c1-26(2,3)18-11-13-23(34-4)24(15-18)35(32,33)30-25(31)17-10-12-19-20(22-9-6-14-28-29-22)7-5-8-21(19)27-16-17/h5-16H,1-4H3,(H,30,31)/q-1. The molecule has 0 spiro atoms. The number of carbonyl (C=O) groups excluding carboxylic acids is 1. The molecule has 2 heterocycles. The van der Waals surface area contributed by atoms with Gasteiger partial charge in [0.25, 0.3) is 0 Å². The molecule has 0 saturated carbocycles. The molecular formula is C26H25IN3O4S-. The zero-order chi connectivity index (χ0) is 25.2. The van der Waals surface area contributed by atoms with E-state index in [2.05, 4.69) is 14.9 Å². The number of hydrogen-bond donors (Lipinski definition) is 1. The van der Waals surface area contributed by atoms with Gasteiger partial charge in [0.05, 0.1) is 0 Å². The first-order chi connectivity index (χ1) is 16.6. The van der Waals surface area contributed by atoms with Crippen LogP contribution in [0.2, 0.25) is 0 Å². The Morgan fingerprint density at radius 2 is 1.86 bits per heavy atom. The van der Waals surface area contributed by atoms with E-state index >= 15 is 0 Å². The van der Waals surface area contributed by atoms with Gasteiger partial charge in [-0.05, 0) is 0 Å². The van der Waals surface area contributed by atoms with Crippen LogP contribution in [-0.2, 0) is 20.2 Å². The Morgan fingerprint density at radius 1 is 1.06 bits per heavy atom. The molecule has 0 aliphatic carbocycles. The van der Waals surface area contributed by atoms with Crippen LogP contribution in [0.5, 0.6) is 5.75 Å². The number of sulfonamides is 1. The summed E-state index contributed by atoms with van der Waals surface area (Å²) in [6.07, 6.45) is 5.11. The molecule has 1 N–H and O–H groups in total. The molecule has 0 unspecified atom stereocenters. The molecule has 1 aromatic heterocycles. The predicted molar refractivity (Wildman–Crippen MR) is 130 cm³/mol. The number of rotatable bonds is 5. The third-order valence-corrected chi connectivity index (χ3v) is 9.38. The van der Waals surface area contributed by atoms with Crippen LogP contribution in [0.25, 0.3) is 17.3 Å². The number of benzene rings is 2. The number of halogens is 1. The summed E-state index contributed by atoms with van der Waals surface area (Å²) in [7, 11) is -2.77. The molecule has 0 fully saturated rings. The summed E-state index contributed by atoms with van der Waals surface area (Å²) in [5.41, 5.74) is 3.45. The predicted octanol–water partition coefficient (Wildman–Crippen LogP) is 1.12. The SMILES string of the molecule is COc1ccc(C(C)(C)C)cc1S(=O)(=O)NC(=O)C1=C[I-]c2cccc(-c3cccnn3)c2C=C1. The van der Waals surface area contributed by atoms with E-state index in [1.54, 1.807) is 24.4 Å². The minimum absolute atomic E-state index is 0.0677. The van der Waals surface area contributed by atoms with Gasteiger partial charge in [0.1, 0.15) is 0 Å². The number of hydrogen-bond acceptors (Lipinski definition) is 6. The van der Waals surface area contributed by atoms with Crippen molar-refractivity contribution in [3.05, 3.63) is 85.2 Å². The van der Waals surface area contributed by atoms with Crippen LogP contribution >= 0.6 is 0 Å². The molecular weight excluding hydrogens is 577 g/mol. The van der Waals surface area contributed by atoms with Crippen LogP contribution in [0.4, 0.5) is 0 Å². The molecule has 1 amide bonds. The van der Waals surface area contributed by atoms with Gasteiger partial charge < -0.3 is 0 Å². The van der Waals surface area contributed by atoms with Gasteiger partial charge in [0, 0.05) is 0 Å². The fourth-order valence-electron chi connectivity index (χ4n) is 3.51. The Hall–Kier alpha value is -3.05. The van der Waals surface area contributed by atoms with Crippen LogP contribution in [0.15, 0.2) is 75.4 Å². The van der Waals surface area contributed by atoms with Crippen LogP contribution in [0.3, 0.4) is 0 Å². The minimum atomic E-state index is -4.17. The van der Waals surface area contributed by atoms with Crippen molar-refractivity contribution >= 4 is 22.0 Å². The van der Waals surface area contributed by atoms with E-state index in [1.807, 2.05) is 67.3 Å². The topological polar surface area (TPSA) is 98.2 Å². The van der Waals surface area contributed by atoms with Gasteiger partial charge in [0.15, 0.2) is 0 Å². The van der Waals surface area contributed by atoms with Crippen molar-refractivity contribution in [2.75, 3.05) is 7.11 Å². The zero-order valence-corrected chi connectivity index (χ0v) is 22.7. The number of methoxy groups -OCH3 is 1. The van der Waals surface area contributed by atoms with Crippen LogP contribution in [0.1, 0.15) is 31.9 Å². The fourth-order valence-corrected chi connectivity index (χ4v) is 7.06. The molecule has 0 radical (unpaired) electrons. The van der Waals surface area contributed by atoms with Crippen molar-refractivity contribution < 1.29 is 39.2 Å². The molecule has 182 valence electrons. The first-order valence-electron chi connectivity index (χ1n) is 10.8. The van der Waals surface area contributed by atoms with Crippen LogP contribution in [-0.4, -0.2) is 31.6 Å². The molecule has 3 aromatic rings. The summed E-state index contributed by atoms with van der Waals surface area (Å²) in [5, 5.41) is 8.17. The van der Waals surface area contributed by atoms with Crippen molar-refractivity contribution in [2.45, 2.75) is 31.1 Å². The van der Waals surface area contributed by atoms with Crippen LogP contribution in [0, 0.1) is 3.57 Å². The van der Waals surface area contributed by atoms with Crippen molar-refractivity contribution in [1.82, 2.24) is 14.9 Å². The first kappa shape index (κ1) is 25.1.